The molecule has 21 heavy (non-hydrogen) atoms. The number of aliphatic imine (C=N–C) groups is 1. The van der Waals surface area contributed by atoms with E-state index in [2.05, 4.69) is 0 Å². The third-order valence-corrected chi connectivity index (χ3v) is 6.51. The lowest BCUT2D eigenvalue weighted by Gasteiger charge is -2.27. The summed E-state index contributed by atoms with van der Waals surface area (Å²) in [5, 5.41) is 0. The van der Waals surface area contributed by atoms with Crippen LogP contribution in [-0.4, -0.2) is 60.8 Å². The average molecular weight is 313 g/mol. The molecule has 2 heterocycles. The van der Waals surface area contributed by atoms with Gasteiger partial charge in [-0.25, -0.2) is 12.7 Å². The van der Waals surface area contributed by atoms with Crippen LogP contribution in [0.1, 0.15) is 33.1 Å². The van der Waals surface area contributed by atoms with E-state index in [1.165, 1.54) is 10.6 Å². The van der Waals surface area contributed by atoms with Crippen LogP contribution < -0.4 is 0 Å². The molecule has 0 N–H and O–H groups in total. The zero-order valence-electron chi connectivity index (χ0n) is 12.9. The first kappa shape index (κ1) is 15.0. The van der Waals surface area contributed by atoms with Crippen LogP contribution in [0, 0.1) is 11.8 Å². The lowest BCUT2D eigenvalue weighted by Crippen LogP contribution is -2.46. The summed E-state index contributed by atoms with van der Waals surface area (Å²) in [5.41, 5.74) is -0.689. The van der Waals surface area contributed by atoms with Crippen LogP contribution in [0.15, 0.2) is 4.99 Å². The zero-order chi connectivity index (χ0) is 15.4. The highest BCUT2D eigenvalue weighted by molar-refractivity contribution is 7.88. The first-order chi connectivity index (χ1) is 9.83. The fourth-order valence-electron chi connectivity index (χ4n) is 4.22. The number of carbonyl (C=O) groups excluding carboxylic acids is 1. The van der Waals surface area contributed by atoms with Crippen molar-refractivity contribution in [2.75, 3.05) is 25.9 Å². The fraction of sp³-hybridized carbons (Fsp3) is 0.857. The maximum Gasteiger partial charge on any atom is 0.256 e. The first-order valence-corrected chi connectivity index (χ1v) is 9.54. The number of hydrogen-bond acceptors (Lipinski definition) is 4. The Hall–Kier alpha value is -0.950. The molecule has 1 saturated carbocycles. The summed E-state index contributed by atoms with van der Waals surface area (Å²) in [6.45, 7) is 5.60. The Morgan fingerprint density at radius 1 is 1.33 bits per heavy atom. The van der Waals surface area contributed by atoms with E-state index >= 15 is 0 Å². The Morgan fingerprint density at radius 3 is 2.57 bits per heavy atom. The summed E-state index contributed by atoms with van der Waals surface area (Å²) in [6.07, 6.45) is 3.64. The van der Waals surface area contributed by atoms with Gasteiger partial charge in [-0.3, -0.25) is 14.7 Å². The van der Waals surface area contributed by atoms with E-state index in [0.717, 1.165) is 25.1 Å². The van der Waals surface area contributed by atoms with Gasteiger partial charge >= 0.3 is 0 Å². The molecular weight excluding hydrogens is 290 g/mol. The smallest absolute Gasteiger partial charge is 0.256 e. The van der Waals surface area contributed by atoms with Crippen molar-refractivity contribution in [1.29, 1.82) is 0 Å². The molecule has 118 valence electrons. The molecule has 0 aromatic heterocycles. The van der Waals surface area contributed by atoms with Crippen LogP contribution in [0.25, 0.3) is 0 Å². The summed E-state index contributed by atoms with van der Waals surface area (Å²) in [7, 11) is -3.19. The normalized spacial score (nSPS) is 36.6. The number of nitrogens with zero attached hydrogens (tertiary/aromatic N) is 3. The van der Waals surface area contributed by atoms with E-state index in [0.29, 0.717) is 19.6 Å². The Labute approximate surface area is 126 Å². The van der Waals surface area contributed by atoms with Crippen LogP contribution in [0.3, 0.4) is 0 Å². The van der Waals surface area contributed by atoms with Gasteiger partial charge in [-0.1, -0.05) is 6.92 Å². The minimum absolute atomic E-state index is 0.0397. The number of amides is 1. The van der Waals surface area contributed by atoms with Gasteiger partial charge in [-0.05, 0) is 25.7 Å². The molecule has 7 heteroatoms. The van der Waals surface area contributed by atoms with Gasteiger partial charge in [0.1, 0.15) is 11.4 Å². The monoisotopic (exact) mass is 313 g/mol. The molecular formula is C14H23N3O3S. The third-order valence-electron chi connectivity index (χ3n) is 5.27. The Morgan fingerprint density at radius 2 is 2.05 bits per heavy atom. The lowest BCUT2D eigenvalue weighted by molar-refractivity contribution is -0.132. The van der Waals surface area contributed by atoms with E-state index in [-0.39, 0.29) is 17.7 Å². The highest BCUT2D eigenvalue weighted by atomic mass is 32.2. The Kier molecular flexibility index (Phi) is 3.40. The largest absolute Gasteiger partial charge is 0.299 e. The van der Waals surface area contributed by atoms with Crippen LogP contribution in [0.5, 0.6) is 0 Å². The molecule has 2 fully saturated rings. The molecule has 1 amide bonds. The molecule has 2 aliphatic heterocycles. The van der Waals surface area contributed by atoms with Gasteiger partial charge < -0.3 is 0 Å². The highest BCUT2D eigenvalue weighted by Gasteiger charge is 2.61. The van der Waals surface area contributed by atoms with Crippen molar-refractivity contribution in [2.24, 2.45) is 16.8 Å². The SMILES string of the molecule is CCC1=N[C@@]2(CC[C@@H]3CN(S(C)(=O)=O)C[C@@H]32)C(=O)N1CC. The molecule has 0 aromatic rings. The Bertz CT molecular complexity index is 601. The van der Waals surface area contributed by atoms with Crippen molar-refractivity contribution >= 4 is 21.8 Å². The summed E-state index contributed by atoms with van der Waals surface area (Å²) < 4.78 is 25.1. The second-order valence-electron chi connectivity index (χ2n) is 6.34. The van der Waals surface area contributed by atoms with Crippen LogP contribution >= 0.6 is 0 Å². The number of rotatable bonds is 3. The van der Waals surface area contributed by atoms with Crippen molar-refractivity contribution in [1.82, 2.24) is 9.21 Å². The predicted octanol–water partition coefficient (Wildman–Crippen LogP) is 0.697. The molecule has 0 unspecified atom stereocenters. The van der Waals surface area contributed by atoms with Crippen LogP contribution in [0.4, 0.5) is 0 Å². The first-order valence-electron chi connectivity index (χ1n) is 7.69. The van der Waals surface area contributed by atoms with Gasteiger partial charge in [0, 0.05) is 32.0 Å². The molecule has 0 bridgehead atoms. The molecule has 0 aromatic carbocycles. The number of amidine groups is 1. The fourth-order valence-corrected chi connectivity index (χ4v) is 5.11. The molecule has 6 nitrogen and oxygen atoms in total. The van der Waals surface area contributed by atoms with Gasteiger partial charge in [-0.2, -0.15) is 0 Å². The van der Waals surface area contributed by atoms with Gasteiger partial charge in [0.2, 0.25) is 10.0 Å². The number of likely N-dealkylation sites (N-methyl/N-ethyl adjacent to an activating group) is 1. The number of sulfonamides is 1. The third kappa shape index (κ3) is 2.04. The maximum absolute atomic E-state index is 12.9. The minimum atomic E-state index is -3.19. The molecule has 3 atom stereocenters. The van der Waals surface area contributed by atoms with Gasteiger partial charge in [0.15, 0.2) is 0 Å². The van der Waals surface area contributed by atoms with E-state index in [4.69, 9.17) is 4.99 Å². The second-order valence-corrected chi connectivity index (χ2v) is 8.32. The van der Waals surface area contributed by atoms with Crippen molar-refractivity contribution in [3.8, 4) is 0 Å². The van der Waals surface area contributed by atoms with Crippen molar-refractivity contribution in [2.45, 2.75) is 38.6 Å². The topological polar surface area (TPSA) is 70.0 Å². The van der Waals surface area contributed by atoms with Crippen molar-refractivity contribution < 1.29 is 13.2 Å². The van der Waals surface area contributed by atoms with Crippen LogP contribution in [-0.2, 0) is 14.8 Å². The molecule has 1 spiro atoms. The van der Waals surface area contributed by atoms with E-state index in [9.17, 15) is 13.2 Å². The number of hydrogen-bond donors (Lipinski definition) is 0. The highest BCUT2D eigenvalue weighted by Crippen LogP contribution is 2.50. The van der Waals surface area contributed by atoms with Gasteiger partial charge in [0.05, 0.1) is 6.26 Å². The Balaban J connectivity index is 1.94. The molecule has 0 radical (unpaired) electrons. The predicted molar refractivity (Wildman–Crippen MR) is 80.5 cm³/mol. The minimum Gasteiger partial charge on any atom is -0.299 e. The quantitative estimate of drug-likeness (QED) is 0.770. The number of fused-ring (bicyclic) bond motifs is 2. The van der Waals surface area contributed by atoms with E-state index in [1.54, 1.807) is 4.90 Å². The van der Waals surface area contributed by atoms with E-state index < -0.39 is 15.6 Å². The second kappa shape index (κ2) is 4.78. The van der Waals surface area contributed by atoms with Crippen molar-refractivity contribution in [3.63, 3.8) is 0 Å². The van der Waals surface area contributed by atoms with Crippen molar-refractivity contribution in [3.05, 3.63) is 0 Å². The average Bonchev–Trinajstić information content (AvgIpc) is 3.04. The molecule has 3 aliphatic rings. The summed E-state index contributed by atoms with van der Waals surface area (Å²) >= 11 is 0. The molecule has 1 aliphatic carbocycles. The van der Waals surface area contributed by atoms with E-state index in [1.807, 2.05) is 13.8 Å². The standard InChI is InChI=1S/C14H23N3O3S/c1-4-12-15-14(13(18)17(12)5-2)7-6-10-8-16(9-11(10)14)21(3,19)20/h10-11H,4-9H2,1-3H3/t10-,11+,14-/m1/s1. The maximum atomic E-state index is 12.9. The number of carbonyl (C=O) groups is 1. The summed E-state index contributed by atoms with van der Waals surface area (Å²) in [6, 6.07) is 0. The molecule has 1 saturated heterocycles. The zero-order valence-corrected chi connectivity index (χ0v) is 13.7. The molecule has 3 rings (SSSR count). The summed E-state index contributed by atoms with van der Waals surface area (Å²) in [5.74, 6) is 1.26. The van der Waals surface area contributed by atoms with Gasteiger partial charge in [0.25, 0.3) is 5.91 Å². The summed E-state index contributed by atoms with van der Waals surface area (Å²) in [4.78, 5) is 19.5. The lowest BCUT2D eigenvalue weighted by atomic mass is 9.85. The van der Waals surface area contributed by atoms with Crippen LogP contribution in [0.2, 0.25) is 0 Å². The van der Waals surface area contributed by atoms with Gasteiger partial charge in [-0.15, -0.1) is 0 Å².